The maximum Gasteiger partial charge on any atom is 0.134 e. The van der Waals surface area contributed by atoms with Crippen molar-refractivity contribution in [3.8, 4) is 5.75 Å². The van der Waals surface area contributed by atoms with E-state index < -0.39 is 0 Å². The number of thiol groups is 1. The topological polar surface area (TPSA) is 9.23 Å². The molecule has 0 bridgehead atoms. The molecule has 1 rings (SSSR count). The average Bonchev–Trinajstić information content (AvgIpc) is 1.99. The van der Waals surface area contributed by atoms with E-state index in [-0.39, 0.29) is 0 Å². The molecule has 0 amide bonds. The summed E-state index contributed by atoms with van der Waals surface area (Å²) in [6, 6.07) is 5.47. The average molecular weight is 189 g/mol. The Morgan fingerprint density at radius 2 is 2.27 bits per heavy atom. The lowest BCUT2D eigenvalue weighted by Crippen LogP contribution is -1.92. The Kier molecular flexibility index (Phi) is 3.09. The highest BCUT2D eigenvalue weighted by Crippen LogP contribution is 2.29. The molecule has 0 fully saturated rings. The SMILES string of the molecule is CCOc1cccc(Cl)c1S. The molecule has 1 aromatic carbocycles. The lowest BCUT2D eigenvalue weighted by molar-refractivity contribution is 0.332. The van der Waals surface area contributed by atoms with Crippen LogP contribution >= 0.6 is 24.2 Å². The van der Waals surface area contributed by atoms with Crippen LogP contribution in [0.25, 0.3) is 0 Å². The molecule has 0 aliphatic carbocycles. The summed E-state index contributed by atoms with van der Waals surface area (Å²) in [6.07, 6.45) is 0. The maximum atomic E-state index is 5.79. The molecule has 3 heteroatoms. The molecular weight excluding hydrogens is 180 g/mol. The van der Waals surface area contributed by atoms with Gasteiger partial charge in [0.2, 0.25) is 0 Å². The van der Waals surface area contributed by atoms with Gasteiger partial charge in [0.1, 0.15) is 5.75 Å². The zero-order valence-electron chi connectivity index (χ0n) is 6.17. The van der Waals surface area contributed by atoms with Gasteiger partial charge in [-0.1, -0.05) is 17.7 Å². The van der Waals surface area contributed by atoms with Crippen LogP contribution < -0.4 is 4.74 Å². The fourth-order valence-corrected chi connectivity index (χ4v) is 1.15. The number of hydrogen-bond acceptors (Lipinski definition) is 2. The van der Waals surface area contributed by atoms with Gasteiger partial charge >= 0.3 is 0 Å². The molecule has 0 aromatic heterocycles. The Labute approximate surface area is 76.7 Å². The Morgan fingerprint density at radius 3 is 2.91 bits per heavy atom. The Hall–Kier alpha value is -0.340. The van der Waals surface area contributed by atoms with Crippen LogP contribution in [-0.2, 0) is 0 Å². The third kappa shape index (κ3) is 2.04. The van der Waals surface area contributed by atoms with Crippen LogP contribution in [0.3, 0.4) is 0 Å². The highest BCUT2D eigenvalue weighted by atomic mass is 35.5. The van der Waals surface area contributed by atoms with Gasteiger partial charge in [-0.3, -0.25) is 0 Å². The molecule has 1 nitrogen and oxygen atoms in total. The Balaban J connectivity index is 2.96. The van der Waals surface area contributed by atoms with E-state index in [1.807, 2.05) is 19.1 Å². The quantitative estimate of drug-likeness (QED) is 0.702. The van der Waals surface area contributed by atoms with Crippen molar-refractivity contribution < 1.29 is 4.74 Å². The molecule has 0 saturated carbocycles. The van der Waals surface area contributed by atoms with Crippen LogP contribution in [0.1, 0.15) is 6.92 Å². The second kappa shape index (κ2) is 3.88. The van der Waals surface area contributed by atoms with Crippen molar-refractivity contribution in [3.05, 3.63) is 23.2 Å². The zero-order valence-corrected chi connectivity index (χ0v) is 7.82. The second-order valence-corrected chi connectivity index (χ2v) is 2.87. The largest absolute Gasteiger partial charge is 0.493 e. The lowest BCUT2D eigenvalue weighted by atomic mass is 10.3. The van der Waals surface area contributed by atoms with Crippen molar-refractivity contribution in [1.29, 1.82) is 0 Å². The minimum absolute atomic E-state index is 0.624. The smallest absolute Gasteiger partial charge is 0.134 e. The predicted octanol–water partition coefficient (Wildman–Crippen LogP) is 3.03. The van der Waals surface area contributed by atoms with Gasteiger partial charge in [-0.05, 0) is 19.1 Å². The summed E-state index contributed by atoms with van der Waals surface area (Å²) in [4.78, 5) is 0.705. The first-order chi connectivity index (χ1) is 5.25. The normalized spacial score (nSPS) is 9.73. The zero-order chi connectivity index (χ0) is 8.27. The third-order valence-electron chi connectivity index (χ3n) is 1.25. The van der Waals surface area contributed by atoms with Crippen LogP contribution in [0.2, 0.25) is 5.02 Å². The molecule has 0 atom stereocenters. The molecule has 0 saturated heterocycles. The molecule has 0 aliphatic rings. The fraction of sp³-hybridized carbons (Fsp3) is 0.250. The number of rotatable bonds is 2. The number of benzene rings is 1. The Bertz CT molecular complexity index is 250. The van der Waals surface area contributed by atoms with Gasteiger partial charge in [0.15, 0.2) is 0 Å². The molecule has 0 spiro atoms. The second-order valence-electron chi connectivity index (χ2n) is 2.02. The highest BCUT2D eigenvalue weighted by Gasteiger charge is 2.01. The van der Waals surface area contributed by atoms with E-state index in [0.29, 0.717) is 16.5 Å². The van der Waals surface area contributed by atoms with E-state index >= 15 is 0 Å². The van der Waals surface area contributed by atoms with Crippen molar-refractivity contribution in [2.24, 2.45) is 0 Å². The predicted molar refractivity (Wildman–Crippen MR) is 49.9 cm³/mol. The van der Waals surface area contributed by atoms with E-state index in [4.69, 9.17) is 16.3 Å². The summed E-state index contributed by atoms with van der Waals surface area (Å²) >= 11 is 9.98. The third-order valence-corrected chi connectivity index (χ3v) is 2.16. The van der Waals surface area contributed by atoms with Gasteiger partial charge in [-0.2, -0.15) is 0 Å². The van der Waals surface area contributed by atoms with Gasteiger partial charge in [-0.15, -0.1) is 12.6 Å². The first kappa shape index (κ1) is 8.75. The van der Waals surface area contributed by atoms with Crippen molar-refractivity contribution in [1.82, 2.24) is 0 Å². The molecule has 60 valence electrons. The Morgan fingerprint density at radius 1 is 1.55 bits per heavy atom. The minimum Gasteiger partial charge on any atom is -0.493 e. The summed E-state index contributed by atoms with van der Waals surface area (Å²) < 4.78 is 5.26. The van der Waals surface area contributed by atoms with Crippen LogP contribution in [0.5, 0.6) is 5.75 Å². The summed E-state index contributed by atoms with van der Waals surface area (Å²) in [5, 5.41) is 0.624. The van der Waals surface area contributed by atoms with Crippen LogP contribution in [-0.4, -0.2) is 6.61 Å². The molecule has 11 heavy (non-hydrogen) atoms. The first-order valence-corrected chi connectivity index (χ1v) is 4.18. The van der Waals surface area contributed by atoms with E-state index in [9.17, 15) is 0 Å². The molecule has 1 aromatic rings. The fourth-order valence-electron chi connectivity index (χ4n) is 0.768. The molecule has 0 heterocycles. The standard InChI is InChI=1S/C8H9ClOS/c1-2-10-7-5-3-4-6(9)8(7)11/h3-5,11H,2H2,1H3. The van der Waals surface area contributed by atoms with Gasteiger partial charge in [0.25, 0.3) is 0 Å². The molecular formula is C8H9ClOS. The van der Waals surface area contributed by atoms with Crippen LogP contribution in [0.4, 0.5) is 0 Å². The van der Waals surface area contributed by atoms with Gasteiger partial charge in [0, 0.05) is 0 Å². The van der Waals surface area contributed by atoms with E-state index in [1.165, 1.54) is 0 Å². The number of halogens is 1. The van der Waals surface area contributed by atoms with Gasteiger partial charge in [-0.25, -0.2) is 0 Å². The molecule has 0 unspecified atom stereocenters. The van der Waals surface area contributed by atoms with Gasteiger partial charge in [0.05, 0.1) is 16.5 Å². The summed E-state index contributed by atoms with van der Waals surface area (Å²) in [5.74, 6) is 0.739. The van der Waals surface area contributed by atoms with Crippen molar-refractivity contribution in [2.45, 2.75) is 11.8 Å². The minimum atomic E-state index is 0.624. The molecule has 0 aliphatic heterocycles. The van der Waals surface area contributed by atoms with Crippen molar-refractivity contribution >= 4 is 24.2 Å². The first-order valence-electron chi connectivity index (χ1n) is 3.36. The molecule has 0 radical (unpaired) electrons. The van der Waals surface area contributed by atoms with Crippen LogP contribution in [0.15, 0.2) is 23.1 Å². The van der Waals surface area contributed by atoms with E-state index in [0.717, 1.165) is 5.75 Å². The van der Waals surface area contributed by atoms with Crippen molar-refractivity contribution in [3.63, 3.8) is 0 Å². The number of ether oxygens (including phenoxy) is 1. The summed E-state index contributed by atoms with van der Waals surface area (Å²) in [6.45, 7) is 2.56. The van der Waals surface area contributed by atoms with E-state index in [2.05, 4.69) is 12.6 Å². The van der Waals surface area contributed by atoms with Crippen molar-refractivity contribution in [2.75, 3.05) is 6.61 Å². The van der Waals surface area contributed by atoms with E-state index in [1.54, 1.807) is 6.07 Å². The summed E-state index contributed by atoms with van der Waals surface area (Å²) in [7, 11) is 0. The van der Waals surface area contributed by atoms with Gasteiger partial charge < -0.3 is 4.74 Å². The monoisotopic (exact) mass is 188 g/mol. The van der Waals surface area contributed by atoms with Crippen LogP contribution in [0, 0.1) is 0 Å². The maximum absolute atomic E-state index is 5.79. The summed E-state index contributed by atoms with van der Waals surface area (Å²) in [5.41, 5.74) is 0. The molecule has 0 N–H and O–H groups in total. The highest BCUT2D eigenvalue weighted by molar-refractivity contribution is 7.80. The lowest BCUT2D eigenvalue weighted by Gasteiger charge is -2.05. The number of hydrogen-bond donors (Lipinski definition) is 1.